The van der Waals surface area contributed by atoms with Crippen LogP contribution in [0.25, 0.3) is 0 Å². The Morgan fingerprint density at radius 1 is 0.867 bits per heavy atom. The number of hydrogen-bond acceptors (Lipinski definition) is 10. The number of nitriles is 1. The summed E-state index contributed by atoms with van der Waals surface area (Å²) in [6.45, 7) is 0. The Balaban J connectivity index is -0.0000000322. The minimum Gasteiger partial charge on any atom is 2.00 e. The molecule has 0 atom stereocenters. The van der Waals surface area contributed by atoms with Gasteiger partial charge in [-0.05, 0) is 0 Å². The molecule has 84 valence electrons. The molecule has 0 bridgehead atoms. The summed E-state index contributed by atoms with van der Waals surface area (Å²) in [5.41, 5.74) is 4.15. The van der Waals surface area contributed by atoms with E-state index in [0.717, 1.165) is 0 Å². The second kappa shape index (κ2) is 15.2. The number of nitrogens with zero attached hydrogens (tertiary/aromatic N) is 1. The predicted molar refractivity (Wildman–Crippen MR) is 24.1 cm³/mol. The monoisotopic (exact) mass is 690 g/mol. The van der Waals surface area contributed by atoms with Gasteiger partial charge in [-0.3, -0.25) is 0 Å². The van der Waals surface area contributed by atoms with Crippen molar-refractivity contribution < 1.29 is 59.1 Å². The Morgan fingerprint density at radius 2 is 0.867 bits per heavy atom. The smallest absolute Gasteiger partial charge is 2.00 e. The maximum Gasteiger partial charge on any atom is 2.00 e. The van der Waals surface area contributed by atoms with Gasteiger partial charge in [0.1, 0.15) is 0 Å². The van der Waals surface area contributed by atoms with E-state index in [1.165, 1.54) is 6.19 Å². The van der Waals surface area contributed by atoms with Crippen molar-refractivity contribution in [2.75, 3.05) is 0 Å². The van der Waals surface area contributed by atoms with Gasteiger partial charge in [-0.2, -0.15) is 5.26 Å². The van der Waals surface area contributed by atoms with Gasteiger partial charge in [0.25, 0.3) is 0 Å². The molecule has 0 saturated heterocycles. The summed E-state index contributed by atoms with van der Waals surface area (Å²) in [7, 11) is 0. The van der Waals surface area contributed by atoms with Crippen LogP contribution in [0.4, 0.5) is 0 Å². The van der Waals surface area contributed by atoms with Crippen LogP contribution in [-0.2, 0) is 42.4 Å². The first-order chi connectivity index (χ1) is 5.41. The van der Waals surface area contributed by atoms with Crippen molar-refractivity contribution >= 4 is 54.6 Å². The standard InChI is InChI=1S/CH2N2.2Cr.8O.2Pb/c2-1-3;;;;;;;;;;;;/h2H2;;;;;;;;;;;;/q;;;;;;;4*-1;2*+2. The first-order valence-electron chi connectivity index (χ1n) is 1.85. The van der Waals surface area contributed by atoms with Crippen LogP contribution in [0, 0.1) is 11.5 Å². The van der Waals surface area contributed by atoms with Crippen molar-refractivity contribution in [3.8, 4) is 6.19 Å². The topological polar surface area (TPSA) is 210 Å². The van der Waals surface area contributed by atoms with Gasteiger partial charge in [-0.1, -0.05) is 0 Å². The average Bonchev–Trinajstić information content (AvgIpc) is 1.52. The second-order valence-corrected chi connectivity index (χ2v) is 3.50. The Bertz CT molecular complexity index is 293. The zero-order valence-electron chi connectivity index (χ0n) is 6.61. The van der Waals surface area contributed by atoms with Crippen LogP contribution in [0.2, 0.25) is 0 Å². The molecule has 0 amide bonds. The molecule has 0 aromatic rings. The minimum atomic E-state index is -5.75. The van der Waals surface area contributed by atoms with Crippen molar-refractivity contribution in [1.29, 1.82) is 5.26 Å². The molecule has 0 fully saturated rings. The zero-order valence-corrected chi connectivity index (χ0v) is 16.9. The first-order valence-corrected chi connectivity index (χ1v) is 6.01. The molecule has 0 aliphatic carbocycles. The summed E-state index contributed by atoms with van der Waals surface area (Å²) in [5.74, 6) is 0. The summed E-state index contributed by atoms with van der Waals surface area (Å²) in [5, 5.41) is 7.10. The van der Waals surface area contributed by atoms with Gasteiger partial charge in [0.2, 0.25) is 0 Å². The third-order valence-electron chi connectivity index (χ3n) is 0. The van der Waals surface area contributed by atoms with E-state index in [1.807, 2.05) is 0 Å². The van der Waals surface area contributed by atoms with Crippen molar-refractivity contribution in [2.24, 2.45) is 5.73 Å². The van der Waals surface area contributed by atoms with Crippen LogP contribution in [0.3, 0.4) is 0 Å². The Labute approximate surface area is 129 Å². The molecule has 0 aromatic heterocycles. The van der Waals surface area contributed by atoms with E-state index in [2.05, 4.69) is 5.73 Å². The van der Waals surface area contributed by atoms with Crippen LogP contribution in [0.5, 0.6) is 0 Å². The molecular weight excluding hydrogens is 686 g/mol. The van der Waals surface area contributed by atoms with E-state index in [9.17, 15) is 0 Å². The summed E-state index contributed by atoms with van der Waals surface area (Å²) in [6.07, 6.45) is 1.25. The van der Waals surface area contributed by atoms with Gasteiger partial charge in [-0.15, -0.1) is 0 Å². The van der Waals surface area contributed by atoms with Gasteiger partial charge >= 0.3 is 114 Å². The maximum absolute atomic E-state index is 8.59. The molecule has 15 heavy (non-hydrogen) atoms. The molecule has 14 heteroatoms. The van der Waals surface area contributed by atoms with E-state index in [-0.39, 0.29) is 54.6 Å². The SMILES string of the molecule is N#CN.[O]=[Cr](=[O])([O-])[O-].[O]=[Cr](=[O])([O-])[O-].[Pb+2].[Pb+2]. The molecule has 0 aliphatic rings. The fraction of sp³-hybridized carbons (Fsp3) is 0. The Hall–Kier alpha value is 1.24. The van der Waals surface area contributed by atoms with Gasteiger partial charge in [-0.25, -0.2) is 0 Å². The molecule has 4 radical (unpaired) electrons. The normalized spacial score (nSPS) is 8.20. The number of hydrogen-bond donors (Lipinski definition) is 1. The molecule has 0 spiro atoms. The van der Waals surface area contributed by atoms with Crippen LogP contribution in [0.1, 0.15) is 0 Å². The van der Waals surface area contributed by atoms with Crippen molar-refractivity contribution in [3.05, 3.63) is 0 Å². The largest absolute Gasteiger partial charge is 2.00 e. The molecule has 0 saturated carbocycles. The molecule has 0 aliphatic heterocycles. The van der Waals surface area contributed by atoms with Crippen LogP contribution in [0.15, 0.2) is 0 Å². The van der Waals surface area contributed by atoms with Gasteiger partial charge < -0.3 is 5.73 Å². The van der Waals surface area contributed by atoms with E-state index in [0.29, 0.717) is 0 Å². The quantitative estimate of drug-likeness (QED) is 0.145. The van der Waals surface area contributed by atoms with Crippen molar-refractivity contribution in [2.45, 2.75) is 0 Å². The van der Waals surface area contributed by atoms with Gasteiger partial charge in [0, 0.05) is 0 Å². The first kappa shape index (κ1) is 29.9. The average molecular weight is 688 g/mol. The third-order valence-corrected chi connectivity index (χ3v) is 0. The van der Waals surface area contributed by atoms with E-state index < -0.39 is 27.2 Å². The van der Waals surface area contributed by atoms with Crippen LogP contribution >= 0.6 is 0 Å². The fourth-order valence-corrected chi connectivity index (χ4v) is 0. The maximum atomic E-state index is 8.59. The molecule has 0 aromatic carbocycles. The summed E-state index contributed by atoms with van der Waals surface area (Å²) in [4.78, 5) is 0. The van der Waals surface area contributed by atoms with Crippen LogP contribution in [-0.4, -0.2) is 54.6 Å². The molecule has 0 unspecified atom stereocenters. The van der Waals surface area contributed by atoms with Gasteiger partial charge in [0.05, 0.1) is 0 Å². The zero-order chi connectivity index (χ0) is 11.7. The molecular formula is CH2Cr2N2O8Pb2. The number of rotatable bonds is 0. The predicted octanol–water partition coefficient (Wildman–Crippen LogP) is -6.57. The minimum absolute atomic E-state index is 0. The van der Waals surface area contributed by atoms with Crippen molar-refractivity contribution in [1.82, 2.24) is 0 Å². The molecule has 10 nitrogen and oxygen atoms in total. The fourth-order valence-electron chi connectivity index (χ4n) is 0. The molecule has 0 heterocycles. The summed E-state index contributed by atoms with van der Waals surface area (Å²) >= 11 is -11.5. The van der Waals surface area contributed by atoms with E-state index in [4.69, 9.17) is 37.1 Å². The summed E-state index contributed by atoms with van der Waals surface area (Å²) in [6, 6.07) is 0. The summed E-state index contributed by atoms with van der Waals surface area (Å²) < 4.78 is 68.8. The van der Waals surface area contributed by atoms with Gasteiger partial charge in [0.15, 0.2) is 6.19 Å². The third kappa shape index (κ3) is 1740. The number of nitrogens with two attached hydrogens (primary N) is 1. The Kier molecular flexibility index (Phi) is 30.3. The van der Waals surface area contributed by atoms with Crippen molar-refractivity contribution in [3.63, 3.8) is 0 Å². The van der Waals surface area contributed by atoms with E-state index >= 15 is 0 Å². The second-order valence-electron chi connectivity index (χ2n) is 0.946. The molecule has 2 N–H and O–H groups in total. The Morgan fingerprint density at radius 3 is 0.867 bits per heavy atom. The molecule has 0 rings (SSSR count). The van der Waals surface area contributed by atoms with Crippen LogP contribution < -0.4 is 22.4 Å². The van der Waals surface area contributed by atoms with E-state index in [1.54, 1.807) is 0 Å².